The van der Waals surface area contributed by atoms with E-state index in [4.69, 9.17) is 9.47 Å². The third kappa shape index (κ3) is 7.63. The second kappa shape index (κ2) is 14.5. The standard InChI is InChI=1S/C40H53F3N4O6/c1-38(2,3)53-37(51)45-30(23-41)25-9-11-26(12-10-25)35(49)46-20-15-29(24-7-5-4-6-8-24)33(46)34(48)44-28-13-14-31-27(21-28)22-32-36(50)52-40(47(31)32)18-16-39(42,43)17-19-40/h13-14,21-22,24-26,29-30,33H,4-12,15-20,23H2,1-3H3,(H,44,48)(H,45,51)/t25?,26?,29-,30+,33-/m0/s1. The summed E-state index contributed by atoms with van der Waals surface area (Å²) in [7, 11) is 0. The molecular weight excluding hydrogens is 689 g/mol. The van der Waals surface area contributed by atoms with Crippen molar-refractivity contribution in [3.8, 4) is 0 Å². The fourth-order valence-electron chi connectivity index (χ4n) is 9.90. The van der Waals surface area contributed by atoms with E-state index in [0.29, 0.717) is 60.4 Å². The lowest BCUT2D eigenvalue weighted by atomic mass is 9.76. The minimum absolute atomic E-state index is 0.0240. The molecule has 2 N–H and O–H groups in total. The van der Waals surface area contributed by atoms with Gasteiger partial charge in [0.05, 0.1) is 11.6 Å². The molecular formula is C40H53F3N4O6. The summed E-state index contributed by atoms with van der Waals surface area (Å²) in [5.74, 6) is -3.64. The Kier molecular flexibility index (Phi) is 10.2. The molecule has 3 atom stereocenters. The Morgan fingerprint density at radius 1 is 0.962 bits per heavy atom. The van der Waals surface area contributed by atoms with Crippen molar-refractivity contribution in [3.05, 3.63) is 30.0 Å². The number of carbonyl (C=O) groups excluding carboxylic acids is 4. The Morgan fingerprint density at radius 2 is 1.66 bits per heavy atom. The molecule has 0 radical (unpaired) electrons. The first kappa shape index (κ1) is 37.5. The van der Waals surface area contributed by atoms with Gasteiger partial charge in [0.2, 0.25) is 17.7 Å². The Labute approximate surface area is 308 Å². The lowest BCUT2D eigenvalue weighted by molar-refractivity contribution is -0.142. The maximum atomic E-state index is 14.3. The van der Waals surface area contributed by atoms with Crippen LogP contribution >= 0.6 is 0 Å². The minimum Gasteiger partial charge on any atom is -0.444 e. The van der Waals surface area contributed by atoms with Crippen molar-refractivity contribution < 1.29 is 41.8 Å². The van der Waals surface area contributed by atoms with Crippen molar-refractivity contribution in [2.24, 2.45) is 23.7 Å². The van der Waals surface area contributed by atoms with Gasteiger partial charge in [-0.1, -0.05) is 32.1 Å². The molecule has 1 spiro atoms. The zero-order chi connectivity index (χ0) is 37.7. The summed E-state index contributed by atoms with van der Waals surface area (Å²) in [5.41, 5.74) is -0.317. The summed E-state index contributed by atoms with van der Waals surface area (Å²) in [4.78, 5) is 55.6. The molecule has 4 fully saturated rings. The molecule has 0 unspecified atom stereocenters. The largest absolute Gasteiger partial charge is 0.444 e. The molecule has 3 saturated carbocycles. The van der Waals surface area contributed by atoms with E-state index in [9.17, 15) is 32.3 Å². The SMILES string of the molecule is CC(C)(C)OC(=O)N[C@H](CF)C1CCC(C(=O)N2CC[C@@H](C3CCCCC3)[C@H]2C(=O)Nc2ccc3c(c2)cc2n3C3(CCC(F)(F)CC3)OC2=O)CC1. The van der Waals surface area contributed by atoms with Gasteiger partial charge >= 0.3 is 12.1 Å². The molecule has 10 nitrogen and oxygen atoms in total. The highest BCUT2D eigenvalue weighted by molar-refractivity contribution is 6.02. The van der Waals surface area contributed by atoms with Gasteiger partial charge in [-0.2, -0.15) is 0 Å². The number of ether oxygens (including phenoxy) is 2. The van der Waals surface area contributed by atoms with Crippen molar-refractivity contribution >= 4 is 40.5 Å². The highest BCUT2D eigenvalue weighted by Crippen LogP contribution is 2.49. The predicted molar refractivity (Wildman–Crippen MR) is 192 cm³/mol. The van der Waals surface area contributed by atoms with Crippen LogP contribution in [0.4, 0.5) is 23.7 Å². The number of likely N-dealkylation sites (tertiary alicyclic amines) is 1. The van der Waals surface area contributed by atoms with Gasteiger partial charge in [0.25, 0.3) is 0 Å². The summed E-state index contributed by atoms with van der Waals surface area (Å²) in [6.07, 6.45) is 7.13. The van der Waals surface area contributed by atoms with Gasteiger partial charge in [0.15, 0.2) is 5.72 Å². The van der Waals surface area contributed by atoms with Crippen LogP contribution in [0.5, 0.6) is 0 Å². The van der Waals surface area contributed by atoms with Crippen LogP contribution in [-0.2, 0) is 24.8 Å². The van der Waals surface area contributed by atoms with Gasteiger partial charge in [-0.3, -0.25) is 14.2 Å². The van der Waals surface area contributed by atoms with Gasteiger partial charge in [-0.15, -0.1) is 0 Å². The van der Waals surface area contributed by atoms with E-state index in [1.54, 1.807) is 54.5 Å². The first-order valence-electron chi connectivity index (χ1n) is 19.6. The van der Waals surface area contributed by atoms with Gasteiger partial charge < -0.3 is 25.0 Å². The van der Waals surface area contributed by atoms with Crippen LogP contribution < -0.4 is 10.6 Å². The first-order valence-corrected chi connectivity index (χ1v) is 19.6. The molecule has 5 aliphatic rings. The third-order valence-electron chi connectivity index (χ3n) is 12.5. The molecule has 53 heavy (non-hydrogen) atoms. The van der Waals surface area contributed by atoms with Crippen LogP contribution in [-0.4, -0.2) is 70.2 Å². The summed E-state index contributed by atoms with van der Waals surface area (Å²) >= 11 is 0. The number of anilines is 1. The van der Waals surface area contributed by atoms with Gasteiger partial charge in [0.1, 0.15) is 24.0 Å². The Morgan fingerprint density at radius 3 is 2.32 bits per heavy atom. The average molecular weight is 743 g/mol. The summed E-state index contributed by atoms with van der Waals surface area (Å²) in [5, 5.41) is 6.48. The van der Waals surface area contributed by atoms with Crippen LogP contribution in [0.2, 0.25) is 0 Å². The van der Waals surface area contributed by atoms with Gasteiger partial charge in [0, 0.05) is 49.2 Å². The van der Waals surface area contributed by atoms with E-state index < -0.39 is 48.1 Å². The van der Waals surface area contributed by atoms with Crippen LogP contribution in [0.15, 0.2) is 24.3 Å². The number of aromatic nitrogens is 1. The fraction of sp³-hybridized carbons (Fsp3) is 0.700. The minimum atomic E-state index is -2.79. The van der Waals surface area contributed by atoms with Crippen LogP contribution in [0.25, 0.3) is 10.9 Å². The number of nitrogens with one attached hydrogen (secondary N) is 2. The van der Waals surface area contributed by atoms with E-state index >= 15 is 0 Å². The average Bonchev–Trinajstić information content (AvgIpc) is 3.81. The van der Waals surface area contributed by atoms with E-state index in [0.717, 1.165) is 32.1 Å². The summed E-state index contributed by atoms with van der Waals surface area (Å²) in [6.45, 7) is 5.04. The van der Waals surface area contributed by atoms with E-state index in [1.165, 1.54) is 6.42 Å². The van der Waals surface area contributed by atoms with E-state index in [2.05, 4.69) is 10.6 Å². The lowest BCUT2D eigenvalue weighted by Crippen LogP contribution is -2.50. The topological polar surface area (TPSA) is 119 Å². The van der Waals surface area contributed by atoms with Gasteiger partial charge in [-0.25, -0.2) is 22.8 Å². The second-order valence-electron chi connectivity index (χ2n) is 17.2. The van der Waals surface area contributed by atoms with Crippen LogP contribution in [0.1, 0.15) is 121 Å². The molecule has 3 heterocycles. The quantitative estimate of drug-likeness (QED) is 0.277. The predicted octanol–water partition coefficient (Wildman–Crippen LogP) is 8.08. The molecule has 7 rings (SSSR count). The second-order valence-corrected chi connectivity index (χ2v) is 17.2. The molecule has 1 aromatic carbocycles. The van der Waals surface area contributed by atoms with Crippen LogP contribution in [0.3, 0.4) is 0 Å². The molecule has 1 aromatic heterocycles. The molecule has 3 aliphatic carbocycles. The van der Waals surface area contributed by atoms with Crippen molar-refractivity contribution in [1.82, 2.24) is 14.8 Å². The number of halogens is 3. The molecule has 13 heteroatoms. The zero-order valence-electron chi connectivity index (χ0n) is 31.1. The maximum Gasteiger partial charge on any atom is 0.407 e. The van der Waals surface area contributed by atoms with Crippen LogP contribution in [0, 0.1) is 23.7 Å². The summed E-state index contributed by atoms with van der Waals surface area (Å²) in [6, 6.07) is 5.71. The molecule has 2 aromatic rings. The zero-order valence-corrected chi connectivity index (χ0v) is 31.1. The fourth-order valence-corrected chi connectivity index (χ4v) is 9.90. The number of alkyl halides is 3. The number of hydrogen-bond donors (Lipinski definition) is 2. The molecule has 1 saturated heterocycles. The number of rotatable bonds is 7. The molecule has 0 bridgehead atoms. The first-order chi connectivity index (χ1) is 25.2. The number of benzene rings is 1. The molecule has 290 valence electrons. The number of fused-ring (bicyclic) bond motifs is 4. The number of nitrogens with zero attached hydrogens (tertiary/aromatic N) is 2. The number of amides is 3. The van der Waals surface area contributed by atoms with Gasteiger partial charge in [-0.05, 0) is 94.9 Å². The number of alkyl carbamates (subject to hydrolysis) is 1. The van der Waals surface area contributed by atoms with Crippen molar-refractivity contribution in [3.63, 3.8) is 0 Å². The lowest BCUT2D eigenvalue weighted by Gasteiger charge is -2.37. The van der Waals surface area contributed by atoms with Crippen molar-refractivity contribution in [2.45, 2.75) is 140 Å². The number of esters is 1. The Balaban J connectivity index is 1.06. The highest BCUT2D eigenvalue weighted by atomic mass is 19.3. The maximum absolute atomic E-state index is 14.3. The smallest absolute Gasteiger partial charge is 0.407 e. The molecule has 3 amide bonds. The van der Waals surface area contributed by atoms with E-state index in [1.807, 2.05) is 0 Å². The third-order valence-corrected chi connectivity index (χ3v) is 12.5. The summed E-state index contributed by atoms with van der Waals surface area (Å²) < 4.78 is 55.1. The van der Waals surface area contributed by atoms with Crippen molar-refractivity contribution in [2.75, 3.05) is 18.5 Å². The number of hydrogen-bond acceptors (Lipinski definition) is 6. The Hall–Kier alpha value is -3.77. The highest BCUT2D eigenvalue weighted by Gasteiger charge is 2.53. The number of carbonyl (C=O) groups is 4. The Bertz CT molecular complexity index is 1710. The monoisotopic (exact) mass is 742 g/mol. The van der Waals surface area contributed by atoms with E-state index in [-0.39, 0.29) is 55.3 Å². The molecule has 2 aliphatic heterocycles. The van der Waals surface area contributed by atoms with Crippen molar-refractivity contribution in [1.29, 1.82) is 0 Å². The normalized spacial score (nSPS) is 27.7.